The molecule has 2 aliphatic heterocycles. The number of hydrogen-bond acceptors (Lipinski definition) is 3. The Morgan fingerprint density at radius 3 is 3.00 bits per heavy atom. The molecule has 0 radical (unpaired) electrons. The van der Waals surface area contributed by atoms with Crippen LogP contribution in [-0.4, -0.2) is 23.7 Å². The molecule has 3 rings (SSSR count). The number of piperidine rings is 1. The van der Waals surface area contributed by atoms with Crippen LogP contribution in [0.3, 0.4) is 0 Å². The summed E-state index contributed by atoms with van der Waals surface area (Å²) in [5.41, 5.74) is 0. The number of fused-ring (bicyclic) bond motifs is 2. The van der Waals surface area contributed by atoms with Crippen molar-refractivity contribution in [2.24, 2.45) is 5.92 Å². The van der Waals surface area contributed by atoms with Crippen molar-refractivity contribution in [3.05, 3.63) is 24.1 Å². The SMILES string of the molecule is Fc1ccc(OCC2CC[C@@H]3CCC2N3)nc1. The average Bonchev–Trinajstić information content (AvgIpc) is 2.73. The van der Waals surface area contributed by atoms with Gasteiger partial charge in [0.15, 0.2) is 0 Å². The van der Waals surface area contributed by atoms with E-state index >= 15 is 0 Å². The van der Waals surface area contributed by atoms with Crippen molar-refractivity contribution in [3.63, 3.8) is 0 Å². The van der Waals surface area contributed by atoms with E-state index < -0.39 is 0 Å². The number of halogens is 1. The molecule has 4 heteroatoms. The van der Waals surface area contributed by atoms with E-state index in [1.54, 1.807) is 6.07 Å². The van der Waals surface area contributed by atoms with Gasteiger partial charge in [-0.25, -0.2) is 9.37 Å². The van der Waals surface area contributed by atoms with Crippen LogP contribution in [0.5, 0.6) is 5.88 Å². The van der Waals surface area contributed by atoms with Crippen molar-refractivity contribution in [2.45, 2.75) is 37.8 Å². The van der Waals surface area contributed by atoms with Crippen LogP contribution in [0.1, 0.15) is 25.7 Å². The molecule has 92 valence electrons. The molecule has 3 atom stereocenters. The maximum atomic E-state index is 12.7. The highest BCUT2D eigenvalue weighted by atomic mass is 19.1. The predicted octanol–water partition coefficient (Wildman–Crippen LogP) is 2.13. The summed E-state index contributed by atoms with van der Waals surface area (Å²) in [5, 5.41) is 3.63. The van der Waals surface area contributed by atoms with Crippen molar-refractivity contribution in [2.75, 3.05) is 6.61 Å². The van der Waals surface area contributed by atoms with E-state index in [0.29, 0.717) is 24.4 Å². The lowest BCUT2D eigenvalue weighted by atomic mass is 9.93. The van der Waals surface area contributed by atoms with Crippen LogP contribution in [-0.2, 0) is 0 Å². The van der Waals surface area contributed by atoms with Crippen molar-refractivity contribution >= 4 is 0 Å². The summed E-state index contributed by atoms with van der Waals surface area (Å²) in [6.07, 6.45) is 6.23. The number of nitrogens with zero attached hydrogens (tertiary/aromatic N) is 1. The predicted molar refractivity (Wildman–Crippen MR) is 62.4 cm³/mol. The largest absolute Gasteiger partial charge is 0.477 e. The van der Waals surface area contributed by atoms with Gasteiger partial charge in [-0.1, -0.05) is 0 Å². The smallest absolute Gasteiger partial charge is 0.213 e. The van der Waals surface area contributed by atoms with Gasteiger partial charge in [-0.15, -0.1) is 0 Å². The highest BCUT2D eigenvalue weighted by Crippen LogP contribution is 2.31. The van der Waals surface area contributed by atoms with E-state index in [0.717, 1.165) is 6.04 Å². The Hall–Kier alpha value is -1.16. The number of ether oxygens (including phenoxy) is 1. The van der Waals surface area contributed by atoms with E-state index in [9.17, 15) is 4.39 Å². The van der Waals surface area contributed by atoms with Gasteiger partial charge in [0.2, 0.25) is 5.88 Å². The molecular formula is C13H17FN2O. The maximum Gasteiger partial charge on any atom is 0.213 e. The summed E-state index contributed by atoms with van der Waals surface area (Å²) in [4.78, 5) is 3.91. The van der Waals surface area contributed by atoms with Crippen LogP contribution in [0, 0.1) is 11.7 Å². The van der Waals surface area contributed by atoms with Crippen LogP contribution in [0.4, 0.5) is 4.39 Å². The van der Waals surface area contributed by atoms with Gasteiger partial charge in [-0.3, -0.25) is 0 Å². The van der Waals surface area contributed by atoms with E-state index in [1.165, 1.54) is 37.9 Å². The second kappa shape index (κ2) is 4.61. The van der Waals surface area contributed by atoms with Crippen LogP contribution < -0.4 is 10.1 Å². The van der Waals surface area contributed by atoms with Crippen molar-refractivity contribution in [1.29, 1.82) is 0 Å². The van der Waals surface area contributed by atoms with Gasteiger partial charge in [-0.05, 0) is 31.7 Å². The van der Waals surface area contributed by atoms with Gasteiger partial charge in [0, 0.05) is 24.1 Å². The fourth-order valence-electron chi connectivity index (χ4n) is 2.91. The van der Waals surface area contributed by atoms with E-state index in [1.807, 2.05) is 0 Å². The molecule has 1 aromatic heterocycles. The third-order valence-electron chi connectivity index (χ3n) is 3.88. The van der Waals surface area contributed by atoms with Gasteiger partial charge in [0.1, 0.15) is 5.82 Å². The lowest BCUT2D eigenvalue weighted by Crippen LogP contribution is -2.42. The number of aromatic nitrogens is 1. The molecule has 1 N–H and O–H groups in total. The third-order valence-corrected chi connectivity index (χ3v) is 3.88. The summed E-state index contributed by atoms with van der Waals surface area (Å²) in [7, 11) is 0. The van der Waals surface area contributed by atoms with Crippen molar-refractivity contribution < 1.29 is 9.13 Å². The summed E-state index contributed by atoms with van der Waals surface area (Å²) < 4.78 is 18.3. The molecule has 0 aliphatic carbocycles. The van der Waals surface area contributed by atoms with Gasteiger partial charge in [-0.2, -0.15) is 0 Å². The summed E-state index contributed by atoms with van der Waals surface area (Å²) in [6.45, 7) is 0.684. The van der Waals surface area contributed by atoms with E-state index in [2.05, 4.69) is 10.3 Å². The quantitative estimate of drug-likeness (QED) is 0.873. The molecule has 1 aromatic rings. The first-order valence-electron chi connectivity index (χ1n) is 6.31. The minimum absolute atomic E-state index is 0.324. The Bertz CT molecular complexity index is 382. The molecule has 2 bridgehead atoms. The first-order chi connectivity index (χ1) is 8.31. The highest BCUT2D eigenvalue weighted by molar-refractivity contribution is 5.10. The molecule has 3 nitrogen and oxygen atoms in total. The number of hydrogen-bond donors (Lipinski definition) is 1. The molecule has 2 saturated heterocycles. The van der Waals surface area contributed by atoms with Gasteiger partial charge in [0.05, 0.1) is 12.8 Å². The maximum absolute atomic E-state index is 12.7. The van der Waals surface area contributed by atoms with Crippen LogP contribution in [0.15, 0.2) is 18.3 Å². The average molecular weight is 236 g/mol. The van der Waals surface area contributed by atoms with Gasteiger partial charge < -0.3 is 10.1 Å². The first-order valence-corrected chi connectivity index (χ1v) is 6.31. The zero-order chi connectivity index (χ0) is 11.7. The minimum Gasteiger partial charge on any atom is -0.477 e. The zero-order valence-electron chi connectivity index (χ0n) is 9.73. The number of rotatable bonds is 3. The molecular weight excluding hydrogens is 219 g/mol. The molecule has 3 heterocycles. The van der Waals surface area contributed by atoms with Crippen LogP contribution >= 0.6 is 0 Å². The molecule has 0 amide bonds. The van der Waals surface area contributed by atoms with Crippen LogP contribution in [0.2, 0.25) is 0 Å². The fourth-order valence-corrected chi connectivity index (χ4v) is 2.91. The number of nitrogens with one attached hydrogen (secondary N) is 1. The van der Waals surface area contributed by atoms with Crippen molar-refractivity contribution in [3.8, 4) is 5.88 Å². The first kappa shape index (κ1) is 11.0. The Morgan fingerprint density at radius 1 is 1.29 bits per heavy atom. The molecule has 2 fully saturated rings. The second-order valence-electron chi connectivity index (χ2n) is 5.01. The molecule has 0 aromatic carbocycles. The Kier molecular flexibility index (Phi) is 2.97. The third kappa shape index (κ3) is 2.41. The van der Waals surface area contributed by atoms with E-state index in [4.69, 9.17) is 4.74 Å². The second-order valence-corrected chi connectivity index (χ2v) is 5.01. The lowest BCUT2D eigenvalue weighted by molar-refractivity contribution is 0.177. The Morgan fingerprint density at radius 2 is 2.18 bits per heavy atom. The fraction of sp³-hybridized carbons (Fsp3) is 0.615. The molecule has 17 heavy (non-hydrogen) atoms. The van der Waals surface area contributed by atoms with Gasteiger partial charge >= 0.3 is 0 Å². The summed E-state index contributed by atoms with van der Waals surface area (Å²) >= 11 is 0. The lowest BCUT2D eigenvalue weighted by Gasteiger charge is -2.29. The zero-order valence-corrected chi connectivity index (χ0v) is 9.73. The van der Waals surface area contributed by atoms with Crippen molar-refractivity contribution in [1.82, 2.24) is 10.3 Å². The topological polar surface area (TPSA) is 34.1 Å². The van der Waals surface area contributed by atoms with Gasteiger partial charge in [0.25, 0.3) is 0 Å². The summed E-state index contributed by atoms with van der Waals surface area (Å²) in [5.74, 6) is 0.766. The Labute approximate surface area is 100 Å². The molecule has 0 saturated carbocycles. The molecule has 2 aliphatic rings. The number of pyridine rings is 1. The standard InChI is InChI=1S/C13H17FN2O/c14-10-2-6-13(15-7-10)17-8-9-1-3-11-4-5-12(9)16-11/h2,6-7,9,11-12,16H,1,3-5,8H2/t9?,11-,12?/m1/s1. The van der Waals surface area contributed by atoms with E-state index in [-0.39, 0.29) is 5.82 Å². The van der Waals surface area contributed by atoms with Crippen LogP contribution in [0.25, 0.3) is 0 Å². The molecule has 2 unspecified atom stereocenters. The Balaban J connectivity index is 1.55. The monoisotopic (exact) mass is 236 g/mol. The molecule has 0 spiro atoms. The minimum atomic E-state index is -0.324. The highest BCUT2D eigenvalue weighted by Gasteiger charge is 2.35. The normalized spacial score (nSPS) is 31.5. The summed E-state index contributed by atoms with van der Waals surface area (Å²) in [6, 6.07) is 4.31.